The lowest BCUT2D eigenvalue weighted by Crippen LogP contribution is -2.25. The predicted molar refractivity (Wildman–Crippen MR) is 297 cm³/mol. The van der Waals surface area contributed by atoms with Crippen LogP contribution in [0.25, 0.3) is 97.0 Å². The number of hydrogen-bond acceptors (Lipinski definition) is 3. The number of rotatable bonds is 4. The van der Waals surface area contributed by atoms with E-state index in [0.29, 0.717) is 0 Å². The normalized spacial score (nSPS) is 13.5. The van der Waals surface area contributed by atoms with Crippen LogP contribution in [0.1, 0.15) is 48.6 Å². The molecule has 2 heterocycles. The quantitative estimate of drug-likeness (QED) is 0.175. The molecule has 0 saturated carbocycles. The van der Waals surface area contributed by atoms with E-state index < -0.39 is 5.41 Å². The highest BCUT2D eigenvalue weighted by Gasteiger charge is 2.52. The third kappa shape index (κ3) is 5.44. The predicted octanol–water partition coefficient (Wildman–Crippen LogP) is 19.0. The minimum atomic E-state index is -0.474. The Balaban J connectivity index is 1.04. The van der Waals surface area contributed by atoms with Crippen LogP contribution in [0, 0.1) is 0 Å². The van der Waals surface area contributed by atoms with Gasteiger partial charge in [-0.25, -0.2) is 0 Å². The first-order valence-corrected chi connectivity index (χ1v) is 25.2. The number of nitrogens with zero attached hydrogens (tertiary/aromatic N) is 1. The average molecular weight is 912 g/mol. The molecule has 0 bridgehead atoms. The van der Waals surface area contributed by atoms with Crippen molar-refractivity contribution in [1.82, 2.24) is 0 Å². The highest BCUT2D eigenvalue weighted by Crippen LogP contribution is 2.64. The van der Waals surface area contributed by atoms with E-state index in [1.807, 2.05) is 11.3 Å². The van der Waals surface area contributed by atoms with Crippen molar-refractivity contribution in [2.24, 2.45) is 0 Å². The van der Waals surface area contributed by atoms with Gasteiger partial charge in [0.15, 0.2) is 0 Å². The largest absolute Gasteiger partial charge is 0.455 e. The van der Waals surface area contributed by atoms with Gasteiger partial charge in [-0.3, -0.25) is 0 Å². The van der Waals surface area contributed by atoms with E-state index in [9.17, 15) is 0 Å². The number of furan rings is 1. The molecule has 2 aliphatic carbocycles. The lowest BCUT2D eigenvalue weighted by Gasteiger charge is -2.32. The fourth-order valence-electron chi connectivity index (χ4n) is 12.4. The summed E-state index contributed by atoms with van der Waals surface area (Å²) in [7, 11) is 0. The van der Waals surface area contributed by atoms with E-state index in [1.54, 1.807) is 0 Å². The van der Waals surface area contributed by atoms with E-state index in [-0.39, 0.29) is 5.41 Å². The first-order valence-electron chi connectivity index (χ1n) is 24.4. The van der Waals surface area contributed by atoms with Gasteiger partial charge in [0.1, 0.15) is 11.2 Å². The Morgan fingerprint density at radius 1 is 0.400 bits per heavy atom. The smallest absolute Gasteiger partial charge is 0.143 e. The Hall–Kier alpha value is -8.24. The molecule has 15 rings (SSSR count). The molecule has 0 unspecified atom stereocenters. The van der Waals surface area contributed by atoms with Gasteiger partial charge in [-0.15, -0.1) is 11.3 Å². The molecule has 0 amide bonds. The van der Waals surface area contributed by atoms with Crippen LogP contribution in [0.5, 0.6) is 0 Å². The van der Waals surface area contributed by atoms with Crippen molar-refractivity contribution in [2.45, 2.75) is 31.6 Å². The van der Waals surface area contributed by atoms with Gasteiger partial charge in [0.25, 0.3) is 0 Å². The van der Waals surface area contributed by atoms with Crippen LogP contribution >= 0.6 is 11.3 Å². The topological polar surface area (TPSA) is 16.4 Å². The summed E-state index contributed by atoms with van der Waals surface area (Å²) in [5, 5.41) is 9.69. The summed E-state index contributed by atoms with van der Waals surface area (Å²) < 4.78 is 9.46. The van der Waals surface area contributed by atoms with Gasteiger partial charge < -0.3 is 9.32 Å². The second-order valence-electron chi connectivity index (χ2n) is 20.4. The highest BCUT2D eigenvalue weighted by atomic mass is 32.1. The summed E-state index contributed by atoms with van der Waals surface area (Å²) in [6.45, 7) is 6.90. The maximum absolute atomic E-state index is 6.89. The number of hydrogen-bond donors (Lipinski definition) is 0. The van der Waals surface area contributed by atoms with Gasteiger partial charge in [0, 0.05) is 53.4 Å². The van der Waals surface area contributed by atoms with Gasteiger partial charge >= 0.3 is 0 Å². The van der Waals surface area contributed by atoms with Gasteiger partial charge in [0.2, 0.25) is 0 Å². The molecule has 330 valence electrons. The second kappa shape index (κ2) is 14.4. The lowest BCUT2D eigenvalue weighted by atomic mass is 9.70. The molecule has 0 aliphatic heterocycles. The molecule has 2 aliphatic rings. The van der Waals surface area contributed by atoms with E-state index in [2.05, 4.69) is 244 Å². The summed E-state index contributed by atoms with van der Waals surface area (Å²) in [4.78, 5) is 2.52. The van der Waals surface area contributed by atoms with Gasteiger partial charge in [-0.1, -0.05) is 178 Å². The fourth-order valence-corrected chi connectivity index (χ4v) is 13.5. The van der Waals surface area contributed by atoms with Crippen LogP contribution in [0.4, 0.5) is 17.1 Å². The molecule has 3 heteroatoms. The van der Waals surface area contributed by atoms with Crippen molar-refractivity contribution in [3.05, 3.63) is 246 Å². The molecule has 0 N–H and O–H groups in total. The van der Waals surface area contributed by atoms with Crippen LogP contribution < -0.4 is 4.90 Å². The molecule has 1 spiro atoms. The maximum atomic E-state index is 6.89. The molecule has 0 fully saturated rings. The zero-order chi connectivity index (χ0) is 46.5. The Morgan fingerprint density at radius 2 is 1.03 bits per heavy atom. The Kier molecular flexibility index (Phi) is 8.17. The first-order chi connectivity index (χ1) is 34.3. The molecule has 13 aromatic rings. The van der Waals surface area contributed by atoms with Crippen molar-refractivity contribution in [2.75, 3.05) is 4.90 Å². The van der Waals surface area contributed by atoms with Gasteiger partial charge in [-0.05, 0) is 138 Å². The molecular weight excluding hydrogens is 867 g/mol. The van der Waals surface area contributed by atoms with Crippen molar-refractivity contribution < 1.29 is 4.42 Å². The number of para-hydroxylation sites is 2. The molecular formula is C67H45NOS. The summed E-state index contributed by atoms with van der Waals surface area (Å²) in [5.74, 6) is 0. The van der Waals surface area contributed by atoms with Crippen molar-refractivity contribution in [1.29, 1.82) is 0 Å². The zero-order valence-corrected chi connectivity index (χ0v) is 39.9. The van der Waals surface area contributed by atoms with Crippen LogP contribution in [-0.2, 0) is 10.8 Å². The highest BCUT2D eigenvalue weighted by molar-refractivity contribution is 7.25. The summed E-state index contributed by atoms with van der Waals surface area (Å²) >= 11 is 1.88. The molecule has 0 radical (unpaired) electrons. The van der Waals surface area contributed by atoms with E-state index >= 15 is 0 Å². The Morgan fingerprint density at radius 3 is 1.83 bits per heavy atom. The van der Waals surface area contributed by atoms with E-state index in [1.165, 1.54) is 91.8 Å². The molecule has 0 atom stereocenters. The number of benzene rings is 11. The van der Waals surface area contributed by atoms with Crippen LogP contribution in [0.15, 0.2) is 223 Å². The molecule has 70 heavy (non-hydrogen) atoms. The number of fused-ring (bicyclic) bond motifs is 18. The zero-order valence-electron chi connectivity index (χ0n) is 39.0. The standard InChI is InChI=1S/C67H45NOS/c1-66(2,3)43-28-34-62-55(37-43)50-31-29-45(39-63(50)70-62)68(60-33-27-40-15-6-7-18-46(40)64(60)52-23-14-22-51-49-21-10-13-26-61(49)69-65(51)52)44-30-32-58-54(38-44)53-35-41-16-4-5-17-42(41)36-59(53)67(58)56-24-11-8-19-47(56)48-20-9-12-25-57(48)67/h4-39H,1-3H3. The molecule has 0 saturated heterocycles. The molecule has 2 nitrogen and oxygen atoms in total. The lowest BCUT2D eigenvalue weighted by molar-refractivity contribution is 0.591. The average Bonchev–Trinajstić information content (AvgIpc) is 4.12. The Labute approximate surface area is 410 Å². The van der Waals surface area contributed by atoms with Crippen LogP contribution in [0.2, 0.25) is 0 Å². The van der Waals surface area contributed by atoms with E-state index in [0.717, 1.165) is 50.1 Å². The monoisotopic (exact) mass is 911 g/mol. The minimum Gasteiger partial charge on any atom is -0.455 e. The molecule has 2 aromatic heterocycles. The molecule has 11 aromatic carbocycles. The maximum Gasteiger partial charge on any atom is 0.143 e. The van der Waals surface area contributed by atoms with Crippen molar-refractivity contribution >= 4 is 92.1 Å². The summed E-state index contributed by atoms with van der Waals surface area (Å²) in [5.41, 5.74) is 18.7. The van der Waals surface area contributed by atoms with Crippen LogP contribution in [-0.4, -0.2) is 0 Å². The van der Waals surface area contributed by atoms with Gasteiger partial charge in [-0.2, -0.15) is 0 Å². The first kappa shape index (κ1) is 39.7. The Bertz CT molecular complexity index is 4320. The van der Waals surface area contributed by atoms with Crippen molar-refractivity contribution in [3.8, 4) is 33.4 Å². The number of thiophene rings is 1. The second-order valence-corrected chi connectivity index (χ2v) is 21.4. The minimum absolute atomic E-state index is 0.0497. The van der Waals surface area contributed by atoms with Crippen LogP contribution in [0.3, 0.4) is 0 Å². The SMILES string of the molecule is CC(C)(C)c1ccc2sc3cc(N(c4ccc5c(c4)-c4cc6ccccc6cc4C54c5ccccc5-c5ccccc54)c4ccc5ccccc5c4-c4cccc5c4oc4ccccc45)ccc3c2c1. The van der Waals surface area contributed by atoms with E-state index in [4.69, 9.17) is 4.42 Å². The third-order valence-corrected chi connectivity index (χ3v) is 16.7. The fraction of sp³-hybridized carbons (Fsp3) is 0.0746. The summed E-state index contributed by atoms with van der Waals surface area (Å²) in [6, 6.07) is 82.0. The third-order valence-electron chi connectivity index (χ3n) is 15.6. The number of anilines is 3. The summed E-state index contributed by atoms with van der Waals surface area (Å²) in [6.07, 6.45) is 0. The van der Waals surface area contributed by atoms with Crippen molar-refractivity contribution in [3.63, 3.8) is 0 Å². The van der Waals surface area contributed by atoms with Gasteiger partial charge in [0.05, 0.1) is 11.1 Å².